The van der Waals surface area contributed by atoms with Gasteiger partial charge in [-0.1, -0.05) is 0 Å². The van der Waals surface area contributed by atoms with Gasteiger partial charge in [-0.25, -0.2) is 4.79 Å². The van der Waals surface area contributed by atoms with Gasteiger partial charge < -0.3 is 20.9 Å². The molecule has 14 heavy (non-hydrogen) atoms. The molecule has 1 saturated heterocycles. The van der Waals surface area contributed by atoms with Crippen molar-refractivity contribution in [3.63, 3.8) is 0 Å². The van der Waals surface area contributed by atoms with E-state index < -0.39 is 0 Å². The predicted molar refractivity (Wildman–Crippen MR) is 51.7 cm³/mol. The van der Waals surface area contributed by atoms with Gasteiger partial charge in [0.15, 0.2) is 0 Å². The van der Waals surface area contributed by atoms with Gasteiger partial charge in [-0.3, -0.25) is 4.79 Å². The molecule has 0 saturated carbocycles. The van der Waals surface area contributed by atoms with Crippen LogP contribution in [0.25, 0.3) is 0 Å². The lowest BCUT2D eigenvalue weighted by Gasteiger charge is -2.30. The van der Waals surface area contributed by atoms with Crippen LogP contribution in [0.5, 0.6) is 0 Å². The van der Waals surface area contributed by atoms with E-state index in [1.807, 2.05) is 0 Å². The molecule has 1 fully saturated rings. The Bertz CT molecular complexity index is 231. The first kappa shape index (κ1) is 10.8. The van der Waals surface area contributed by atoms with Gasteiger partial charge in [0, 0.05) is 33.2 Å². The van der Waals surface area contributed by atoms with Crippen molar-refractivity contribution in [3.05, 3.63) is 0 Å². The lowest BCUT2D eigenvalue weighted by Crippen LogP contribution is -2.53. The Kier molecular flexibility index (Phi) is 3.70. The molecule has 0 bridgehead atoms. The SMILES string of the molecule is CN(CCN)C(=O)N1CCNC(=O)C1. The van der Waals surface area contributed by atoms with Crippen molar-refractivity contribution in [1.82, 2.24) is 15.1 Å². The highest BCUT2D eigenvalue weighted by Gasteiger charge is 2.23. The van der Waals surface area contributed by atoms with Crippen molar-refractivity contribution < 1.29 is 9.59 Å². The minimum Gasteiger partial charge on any atom is -0.353 e. The van der Waals surface area contributed by atoms with Crippen LogP contribution in [0, 0.1) is 0 Å². The Labute approximate surface area is 83.0 Å². The maximum Gasteiger partial charge on any atom is 0.320 e. The van der Waals surface area contributed by atoms with Gasteiger partial charge in [-0.05, 0) is 0 Å². The molecular weight excluding hydrogens is 184 g/mol. The van der Waals surface area contributed by atoms with Crippen molar-refractivity contribution >= 4 is 11.9 Å². The van der Waals surface area contributed by atoms with E-state index in [2.05, 4.69) is 5.32 Å². The normalized spacial score (nSPS) is 16.4. The Morgan fingerprint density at radius 1 is 1.71 bits per heavy atom. The molecule has 0 aliphatic carbocycles. The Balaban J connectivity index is 2.46. The fraction of sp³-hybridized carbons (Fsp3) is 0.750. The number of rotatable bonds is 2. The summed E-state index contributed by atoms with van der Waals surface area (Å²) in [5.41, 5.74) is 5.33. The third kappa shape index (κ3) is 2.59. The molecule has 1 rings (SSSR count). The summed E-state index contributed by atoms with van der Waals surface area (Å²) in [7, 11) is 1.68. The number of nitrogens with one attached hydrogen (secondary N) is 1. The lowest BCUT2D eigenvalue weighted by molar-refractivity contribution is -0.123. The van der Waals surface area contributed by atoms with Gasteiger partial charge in [0.1, 0.15) is 6.54 Å². The number of carbonyl (C=O) groups is 2. The van der Waals surface area contributed by atoms with E-state index >= 15 is 0 Å². The zero-order chi connectivity index (χ0) is 10.6. The maximum absolute atomic E-state index is 11.6. The largest absolute Gasteiger partial charge is 0.353 e. The molecule has 0 aromatic carbocycles. The summed E-state index contributed by atoms with van der Waals surface area (Å²) in [4.78, 5) is 25.7. The highest BCUT2D eigenvalue weighted by molar-refractivity contribution is 5.85. The molecule has 1 heterocycles. The van der Waals surface area contributed by atoms with Crippen molar-refractivity contribution in [1.29, 1.82) is 0 Å². The van der Waals surface area contributed by atoms with Gasteiger partial charge in [0.25, 0.3) is 0 Å². The zero-order valence-corrected chi connectivity index (χ0v) is 8.32. The molecule has 3 amide bonds. The van der Waals surface area contributed by atoms with Crippen LogP contribution < -0.4 is 11.1 Å². The number of nitrogens with two attached hydrogens (primary N) is 1. The Morgan fingerprint density at radius 2 is 2.43 bits per heavy atom. The van der Waals surface area contributed by atoms with E-state index in [0.717, 1.165) is 0 Å². The first-order valence-electron chi connectivity index (χ1n) is 4.62. The zero-order valence-electron chi connectivity index (χ0n) is 8.32. The van der Waals surface area contributed by atoms with Gasteiger partial charge in [-0.15, -0.1) is 0 Å². The van der Waals surface area contributed by atoms with Crippen LogP contribution in [0.1, 0.15) is 0 Å². The molecule has 6 heteroatoms. The van der Waals surface area contributed by atoms with Crippen molar-refractivity contribution in [2.75, 3.05) is 39.8 Å². The summed E-state index contributed by atoms with van der Waals surface area (Å²) in [6.45, 7) is 2.19. The monoisotopic (exact) mass is 200 g/mol. The third-order valence-corrected chi connectivity index (χ3v) is 2.10. The fourth-order valence-corrected chi connectivity index (χ4v) is 1.33. The molecule has 0 aromatic rings. The van der Waals surface area contributed by atoms with E-state index in [1.54, 1.807) is 7.05 Å². The number of carbonyl (C=O) groups excluding carboxylic acids is 2. The van der Waals surface area contributed by atoms with Crippen molar-refractivity contribution in [2.45, 2.75) is 0 Å². The van der Waals surface area contributed by atoms with E-state index in [-0.39, 0.29) is 18.5 Å². The summed E-state index contributed by atoms with van der Waals surface area (Å²) in [5.74, 6) is -0.106. The molecule has 80 valence electrons. The molecule has 3 N–H and O–H groups in total. The van der Waals surface area contributed by atoms with Crippen LogP contribution in [0.4, 0.5) is 4.79 Å². The first-order chi connectivity index (χ1) is 6.65. The minimum atomic E-state index is -0.134. The van der Waals surface area contributed by atoms with Crippen LogP contribution in [0.15, 0.2) is 0 Å². The van der Waals surface area contributed by atoms with E-state index in [4.69, 9.17) is 5.73 Å². The number of hydrogen-bond donors (Lipinski definition) is 2. The molecule has 0 unspecified atom stereocenters. The maximum atomic E-state index is 11.6. The van der Waals surface area contributed by atoms with Crippen LogP contribution in [0.3, 0.4) is 0 Å². The molecule has 0 atom stereocenters. The van der Waals surface area contributed by atoms with E-state index in [9.17, 15) is 9.59 Å². The molecule has 6 nitrogen and oxygen atoms in total. The standard InChI is InChI=1S/C8H16N4O2/c1-11(4-2-9)8(14)12-5-3-10-7(13)6-12/h2-6,9H2,1H3,(H,10,13). The Hall–Kier alpha value is -1.30. The number of piperazine rings is 1. The lowest BCUT2D eigenvalue weighted by atomic mass is 10.3. The summed E-state index contributed by atoms with van der Waals surface area (Å²) in [6.07, 6.45) is 0. The highest BCUT2D eigenvalue weighted by atomic mass is 16.2. The summed E-state index contributed by atoms with van der Waals surface area (Å²) < 4.78 is 0. The van der Waals surface area contributed by atoms with Crippen molar-refractivity contribution in [3.8, 4) is 0 Å². The smallest absolute Gasteiger partial charge is 0.320 e. The Morgan fingerprint density at radius 3 is 3.00 bits per heavy atom. The minimum absolute atomic E-state index is 0.106. The first-order valence-corrected chi connectivity index (χ1v) is 4.62. The average molecular weight is 200 g/mol. The topological polar surface area (TPSA) is 78.7 Å². The third-order valence-electron chi connectivity index (χ3n) is 2.10. The summed E-state index contributed by atoms with van der Waals surface area (Å²) in [6, 6.07) is -0.134. The number of urea groups is 1. The number of hydrogen-bond acceptors (Lipinski definition) is 3. The van der Waals surface area contributed by atoms with Gasteiger partial charge >= 0.3 is 6.03 Å². The quantitative estimate of drug-likeness (QED) is 0.565. The summed E-state index contributed by atoms with van der Waals surface area (Å²) >= 11 is 0. The van der Waals surface area contributed by atoms with Gasteiger partial charge in [-0.2, -0.15) is 0 Å². The van der Waals surface area contributed by atoms with E-state index in [1.165, 1.54) is 9.80 Å². The molecule has 0 aromatic heterocycles. The number of likely N-dealkylation sites (N-methyl/N-ethyl adjacent to an activating group) is 1. The van der Waals surface area contributed by atoms with Gasteiger partial charge in [0.2, 0.25) is 5.91 Å². The van der Waals surface area contributed by atoms with Crippen LogP contribution in [0.2, 0.25) is 0 Å². The second-order valence-electron chi connectivity index (χ2n) is 3.26. The second kappa shape index (κ2) is 4.80. The average Bonchev–Trinajstić information content (AvgIpc) is 2.17. The number of amides is 3. The fourth-order valence-electron chi connectivity index (χ4n) is 1.33. The molecule has 0 radical (unpaired) electrons. The molecular formula is C8H16N4O2. The second-order valence-corrected chi connectivity index (χ2v) is 3.26. The predicted octanol–water partition coefficient (Wildman–Crippen LogP) is -1.57. The molecule has 1 aliphatic heterocycles. The molecule has 1 aliphatic rings. The van der Waals surface area contributed by atoms with Gasteiger partial charge in [0.05, 0.1) is 0 Å². The van der Waals surface area contributed by atoms with Crippen LogP contribution in [-0.4, -0.2) is 61.5 Å². The van der Waals surface area contributed by atoms with E-state index in [0.29, 0.717) is 26.2 Å². The molecule has 0 spiro atoms. The highest BCUT2D eigenvalue weighted by Crippen LogP contribution is 1.98. The van der Waals surface area contributed by atoms with Crippen LogP contribution >= 0.6 is 0 Å². The van der Waals surface area contributed by atoms with Crippen molar-refractivity contribution in [2.24, 2.45) is 5.73 Å². The summed E-state index contributed by atoms with van der Waals surface area (Å²) in [5, 5.41) is 2.66. The number of nitrogens with zero attached hydrogens (tertiary/aromatic N) is 2. The van der Waals surface area contributed by atoms with Crippen LogP contribution in [-0.2, 0) is 4.79 Å².